The van der Waals surface area contributed by atoms with Crippen LogP contribution in [0.25, 0.3) is 0 Å². The summed E-state index contributed by atoms with van der Waals surface area (Å²) >= 11 is 7.49. The lowest BCUT2D eigenvalue weighted by Crippen LogP contribution is -2.47. The molecule has 0 atom stereocenters. The van der Waals surface area contributed by atoms with Gasteiger partial charge in [0.05, 0.1) is 0 Å². The van der Waals surface area contributed by atoms with Crippen molar-refractivity contribution < 1.29 is 9.53 Å². The molecule has 0 unspecified atom stereocenters. The van der Waals surface area contributed by atoms with Crippen molar-refractivity contribution in [3.05, 3.63) is 51.7 Å². The summed E-state index contributed by atoms with van der Waals surface area (Å²) in [5.74, 6) is 0.491. The number of thiophene rings is 1. The Morgan fingerprint density at radius 1 is 1.29 bits per heavy atom. The lowest BCUT2D eigenvalue weighted by Gasteiger charge is -2.25. The van der Waals surface area contributed by atoms with Gasteiger partial charge >= 0.3 is 0 Å². The molecule has 5 heteroatoms. The fourth-order valence-corrected chi connectivity index (χ4v) is 2.64. The summed E-state index contributed by atoms with van der Waals surface area (Å²) in [6.07, 6.45) is 0.826. The third-order valence-electron chi connectivity index (χ3n) is 3.01. The maximum atomic E-state index is 12.2. The van der Waals surface area contributed by atoms with Crippen LogP contribution in [0.5, 0.6) is 5.75 Å². The maximum absolute atomic E-state index is 12.2. The molecule has 0 fully saturated rings. The highest BCUT2D eigenvalue weighted by Crippen LogP contribution is 2.21. The van der Waals surface area contributed by atoms with E-state index in [0.29, 0.717) is 17.3 Å². The van der Waals surface area contributed by atoms with Gasteiger partial charge in [-0.2, -0.15) is 11.3 Å². The van der Waals surface area contributed by atoms with Crippen LogP contribution in [0.3, 0.4) is 0 Å². The first kappa shape index (κ1) is 15.9. The molecular weight excluding hydrogens is 306 g/mol. The van der Waals surface area contributed by atoms with Gasteiger partial charge in [-0.1, -0.05) is 11.6 Å². The van der Waals surface area contributed by atoms with Crippen LogP contribution < -0.4 is 10.1 Å². The van der Waals surface area contributed by atoms with Crippen molar-refractivity contribution in [1.82, 2.24) is 5.32 Å². The van der Waals surface area contributed by atoms with E-state index in [1.165, 1.54) is 5.56 Å². The molecule has 0 aliphatic rings. The monoisotopic (exact) mass is 323 g/mol. The number of hydrogen-bond acceptors (Lipinski definition) is 3. The van der Waals surface area contributed by atoms with Crippen molar-refractivity contribution in [2.24, 2.45) is 0 Å². The Bertz CT molecular complexity index is 579. The zero-order valence-corrected chi connectivity index (χ0v) is 13.6. The van der Waals surface area contributed by atoms with E-state index >= 15 is 0 Å². The van der Waals surface area contributed by atoms with Crippen LogP contribution in [0.15, 0.2) is 41.1 Å². The van der Waals surface area contributed by atoms with E-state index in [1.807, 2.05) is 5.38 Å². The number of ether oxygens (including phenoxy) is 1. The second-order valence-electron chi connectivity index (χ2n) is 5.20. The summed E-state index contributed by atoms with van der Waals surface area (Å²) in [6.45, 7) is 4.10. The topological polar surface area (TPSA) is 38.3 Å². The molecular formula is C16H18ClNO2S. The molecule has 21 heavy (non-hydrogen) atoms. The van der Waals surface area contributed by atoms with Crippen molar-refractivity contribution in [2.45, 2.75) is 25.9 Å². The van der Waals surface area contributed by atoms with E-state index in [4.69, 9.17) is 16.3 Å². The van der Waals surface area contributed by atoms with Crippen LogP contribution in [-0.4, -0.2) is 18.1 Å². The summed E-state index contributed by atoms with van der Waals surface area (Å²) in [6, 6.07) is 9.04. The van der Waals surface area contributed by atoms with Gasteiger partial charge in [-0.15, -0.1) is 0 Å². The highest BCUT2D eigenvalue weighted by atomic mass is 35.5. The van der Waals surface area contributed by atoms with E-state index < -0.39 is 5.60 Å². The summed E-state index contributed by atoms with van der Waals surface area (Å²) in [7, 11) is 0. The van der Waals surface area contributed by atoms with E-state index in [0.717, 1.165) is 6.42 Å². The normalized spacial score (nSPS) is 11.2. The Morgan fingerprint density at radius 3 is 2.62 bits per heavy atom. The van der Waals surface area contributed by atoms with E-state index in [2.05, 4.69) is 16.8 Å². The summed E-state index contributed by atoms with van der Waals surface area (Å²) in [5, 5.41) is 7.66. The number of benzene rings is 1. The number of nitrogens with one attached hydrogen (secondary N) is 1. The largest absolute Gasteiger partial charge is 0.478 e. The molecule has 2 rings (SSSR count). The molecule has 1 amide bonds. The molecule has 3 nitrogen and oxygen atoms in total. The van der Waals surface area contributed by atoms with Crippen molar-refractivity contribution in [1.29, 1.82) is 0 Å². The first-order valence-corrected chi connectivity index (χ1v) is 8.03. The lowest BCUT2D eigenvalue weighted by molar-refractivity contribution is -0.134. The Hall–Kier alpha value is -1.52. The van der Waals surface area contributed by atoms with Gasteiger partial charge in [0.25, 0.3) is 5.91 Å². The molecule has 0 aliphatic carbocycles. The first-order valence-electron chi connectivity index (χ1n) is 6.71. The third kappa shape index (κ3) is 4.76. The Morgan fingerprint density at radius 2 is 2.00 bits per heavy atom. The Labute approximate surface area is 133 Å². The zero-order chi connectivity index (χ0) is 15.3. The maximum Gasteiger partial charge on any atom is 0.263 e. The second-order valence-corrected chi connectivity index (χ2v) is 6.42. The fourth-order valence-electron chi connectivity index (χ4n) is 1.81. The summed E-state index contributed by atoms with van der Waals surface area (Å²) in [5.41, 5.74) is 0.305. The molecule has 112 valence electrons. The summed E-state index contributed by atoms with van der Waals surface area (Å²) in [4.78, 5) is 12.2. The fraction of sp³-hybridized carbons (Fsp3) is 0.312. The smallest absolute Gasteiger partial charge is 0.263 e. The van der Waals surface area contributed by atoms with Crippen molar-refractivity contribution in [3.63, 3.8) is 0 Å². The molecule has 1 heterocycles. The zero-order valence-electron chi connectivity index (χ0n) is 12.1. The molecule has 0 radical (unpaired) electrons. The lowest BCUT2D eigenvalue weighted by atomic mass is 10.1. The van der Waals surface area contributed by atoms with E-state index in [9.17, 15) is 4.79 Å². The minimum Gasteiger partial charge on any atom is -0.478 e. The van der Waals surface area contributed by atoms with Crippen molar-refractivity contribution in [2.75, 3.05) is 6.54 Å². The molecule has 0 saturated heterocycles. The van der Waals surface area contributed by atoms with Crippen LogP contribution in [0.1, 0.15) is 19.4 Å². The van der Waals surface area contributed by atoms with Gasteiger partial charge < -0.3 is 10.1 Å². The highest BCUT2D eigenvalue weighted by molar-refractivity contribution is 7.07. The van der Waals surface area contributed by atoms with Crippen LogP contribution in [-0.2, 0) is 11.2 Å². The molecule has 0 spiro atoms. The molecule has 1 aromatic heterocycles. The molecule has 0 saturated carbocycles. The third-order valence-corrected chi connectivity index (χ3v) is 4.00. The minimum atomic E-state index is -0.928. The number of carbonyl (C=O) groups is 1. The van der Waals surface area contributed by atoms with E-state index in [-0.39, 0.29) is 5.91 Å². The van der Waals surface area contributed by atoms with Gasteiger partial charge in [0.2, 0.25) is 0 Å². The van der Waals surface area contributed by atoms with Gasteiger partial charge in [0, 0.05) is 11.6 Å². The molecule has 2 aromatic rings. The van der Waals surface area contributed by atoms with Gasteiger partial charge in [-0.3, -0.25) is 4.79 Å². The quantitative estimate of drug-likeness (QED) is 0.875. The van der Waals surface area contributed by atoms with Crippen LogP contribution in [0.4, 0.5) is 0 Å². The predicted octanol–water partition coefficient (Wildman–Crippen LogP) is 3.92. The minimum absolute atomic E-state index is 0.132. The standard InChI is InChI=1S/C16H18ClNO2S/c1-16(2,20-14-5-3-13(17)4-6-14)15(19)18-9-7-12-8-10-21-11-12/h3-6,8,10-11H,7,9H2,1-2H3,(H,18,19). The molecule has 1 N–H and O–H groups in total. The van der Waals surface area contributed by atoms with Gasteiger partial charge in [0.15, 0.2) is 5.60 Å². The average molecular weight is 324 g/mol. The summed E-state index contributed by atoms with van der Waals surface area (Å²) < 4.78 is 5.74. The SMILES string of the molecule is CC(C)(Oc1ccc(Cl)cc1)C(=O)NCCc1ccsc1. The number of carbonyl (C=O) groups excluding carboxylic acids is 1. The Balaban J connectivity index is 1.85. The second kappa shape index (κ2) is 6.96. The van der Waals surface area contributed by atoms with Crippen molar-refractivity contribution >= 4 is 28.8 Å². The number of amides is 1. The number of halogens is 1. The van der Waals surface area contributed by atoms with Gasteiger partial charge in [0.1, 0.15) is 5.75 Å². The first-order chi connectivity index (χ1) is 9.97. The van der Waals surface area contributed by atoms with Crippen molar-refractivity contribution in [3.8, 4) is 5.75 Å². The molecule has 1 aromatic carbocycles. The predicted molar refractivity (Wildman–Crippen MR) is 87.2 cm³/mol. The van der Waals surface area contributed by atoms with Crippen LogP contribution in [0, 0.1) is 0 Å². The average Bonchev–Trinajstić information content (AvgIpc) is 2.94. The van der Waals surface area contributed by atoms with Gasteiger partial charge in [-0.25, -0.2) is 0 Å². The van der Waals surface area contributed by atoms with Crippen LogP contribution in [0.2, 0.25) is 5.02 Å². The number of hydrogen-bond donors (Lipinski definition) is 1. The molecule has 0 aliphatic heterocycles. The van der Waals surface area contributed by atoms with Gasteiger partial charge in [-0.05, 0) is 66.9 Å². The highest BCUT2D eigenvalue weighted by Gasteiger charge is 2.29. The van der Waals surface area contributed by atoms with E-state index in [1.54, 1.807) is 49.4 Å². The number of rotatable bonds is 6. The molecule has 0 bridgehead atoms. The Kier molecular flexibility index (Phi) is 5.26. The van der Waals surface area contributed by atoms with Crippen LogP contribution >= 0.6 is 22.9 Å².